The Morgan fingerprint density at radius 3 is 2.78 bits per heavy atom. The van der Waals surface area contributed by atoms with Crippen molar-refractivity contribution >= 4 is 45.4 Å². The van der Waals surface area contributed by atoms with Gasteiger partial charge in [-0.25, -0.2) is 4.98 Å². The minimum atomic E-state index is -0.648. The Balaban J connectivity index is 1.37. The van der Waals surface area contributed by atoms with Gasteiger partial charge >= 0.3 is 0 Å². The van der Waals surface area contributed by atoms with Crippen LogP contribution in [-0.4, -0.2) is 34.4 Å². The van der Waals surface area contributed by atoms with Crippen molar-refractivity contribution < 1.29 is 9.59 Å². The number of H-pyrrole nitrogens is 1. The number of fused-ring (bicyclic) bond motifs is 1. The third kappa shape index (κ3) is 5.63. The van der Waals surface area contributed by atoms with E-state index in [4.69, 9.17) is 0 Å². The van der Waals surface area contributed by atoms with Crippen LogP contribution >= 0.6 is 22.7 Å². The summed E-state index contributed by atoms with van der Waals surface area (Å²) >= 11 is 3.04. The summed E-state index contributed by atoms with van der Waals surface area (Å²) in [5, 5.41) is 12.0. The number of amides is 2. The van der Waals surface area contributed by atoms with Crippen LogP contribution in [0.1, 0.15) is 38.8 Å². The highest BCUT2D eigenvalue weighted by molar-refractivity contribution is 7.12. The highest BCUT2D eigenvalue weighted by atomic mass is 32.1. The van der Waals surface area contributed by atoms with Crippen molar-refractivity contribution in [2.75, 3.05) is 6.54 Å². The highest BCUT2D eigenvalue weighted by Gasteiger charge is 2.23. The average molecular weight is 467 g/mol. The second-order valence-electron chi connectivity index (χ2n) is 7.70. The maximum atomic E-state index is 13.0. The first kappa shape index (κ1) is 22.2. The number of rotatable bonds is 10. The lowest BCUT2D eigenvalue weighted by Gasteiger charge is -2.18. The molecule has 0 fully saturated rings. The van der Waals surface area contributed by atoms with E-state index >= 15 is 0 Å². The SMILES string of the molecule is Cc1csc(CCCCNC(=O)C(Cc2c[nH]c3ccccc23)NC(=O)c2cccs2)n1. The molecule has 0 saturated carbocycles. The number of unbranched alkanes of at least 4 members (excludes halogenated alkanes) is 1. The van der Waals surface area contributed by atoms with Crippen LogP contribution in [0, 0.1) is 6.92 Å². The number of aromatic amines is 1. The van der Waals surface area contributed by atoms with Crippen molar-refractivity contribution in [2.45, 2.75) is 38.6 Å². The molecule has 0 bridgehead atoms. The normalized spacial score (nSPS) is 12.0. The zero-order chi connectivity index (χ0) is 22.3. The van der Waals surface area contributed by atoms with E-state index in [0.29, 0.717) is 17.8 Å². The molecule has 0 radical (unpaired) electrons. The number of thiazole rings is 1. The molecule has 4 aromatic rings. The average Bonchev–Trinajstić information content (AvgIpc) is 3.55. The van der Waals surface area contributed by atoms with Gasteiger partial charge < -0.3 is 15.6 Å². The summed E-state index contributed by atoms with van der Waals surface area (Å²) in [5.74, 6) is -0.385. The number of carbonyl (C=O) groups is 2. The van der Waals surface area contributed by atoms with Crippen molar-refractivity contribution in [2.24, 2.45) is 0 Å². The molecule has 3 aromatic heterocycles. The van der Waals surface area contributed by atoms with Gasteiger partial charge in [0.1, 0.15) is 6.04 Å². The molecule has 6 nitrogen and oxygen atoms in total. The predicted molar refractivity (Wildman–Crippen MR) is 130 cm³/mol. The van der Waals surface area contributed by atoms with Gasteiger partial charge in [0.15, 0.2) is 0 Å². The molecule has 3 N–H and O–H groups in total. The van der Waals surface area contributed by atoms with Crippen LogP contribution in [0.4, 0.5) is 0 Å². The summed E-state index contributed by atoms with van der Waals surface area (Å²) in [5.41, 5.74) is 3.08. The standard InChI is InChI=1S/C24H26N4O2S2/c1-16-15-32-22(27-16)10-4-5-11-25-23(29)20(28-24(30)21-9-6-12-31-21)13-17-14-26-19-8-3-2-7-18(17)19/h2-3,6-9,12,14-15,20,26H,4-5,10-11,13H2,1H3,(H,25,29)(H,28,30). The summed E-state index contributed by atoms with van der Waals surface area (Å²) in [6, 6.07) is 10.9. The van der Waals surface area contributed by atoms with E-state index in [-0.39, 0.29) is 11.8 Å². The Kier molecular flexibility index (Phi) is 7.34. The first-order valence-electron chi connectivity index (χ1n) is 10.7. The highest BCUT2D eigenvalue weighted by Crippen LogP contribution is 2.20. The van der Waals surface area contributed by atoms with Crippen molar-refractivity contribution in [1.29, 1.82) is 0 Å². The van der Waals surface area contributed by atoms with Crippen LogP contribution in [0.5, 0.6) is 0 Å². The molecular weight excluding hydrogens is 440 g/mol. The fraction of sp³-hybridized carbons (Fsp3) is 0.292. The molecule has 0 saturated heterocycles. The van der Waals surface area contributed by atoms with Crippen LogP contribution < -0.4 is 10.6 Å². The van der Waals surface area contributed by atoms with Crippen molar-refractivity contribution in [3.8, 4) is 0 Å². The maximum absolute atomic E-state index is 13.0. The fourth-order valence-corrected chi connectivity index (χ4v) is 5.07. The fourth-order valence-electron chi connectivity index (χ4n) is 3.62. The molecule has 3 heterocycles. The van der Waals surface area contributed by atoms with Crippen molar-refractivity contribution in [1.82, 2.24) is 20.6 Å². The molecule has 1 unspecified atom stereocenters. The minimum absolute atomic E-state index is 0.162. The molecule has 32 heavy (non-hydrogen) atoms. The van der Waals surface area contributed by atoms with Gasteiger partial charge in [0.25, 0.3) is 5.91 Å². The lowest BCUT2D eigenvalue weighted by molar-refractivity contribution is -0.122. The molecule has 1 atom stereocenters. The van der Waals surface area contributed by atoms with Gasteiger partial charge in [-0.2, -0.15) is 0 Å². The van der Waals surface area contributed by atoms with Crippen LogP contribution in [0.25, 0.3) is 10.9 Å². The van der Waals surface area contributed by atoms with E-state index in [1.807, 2.05) is 48.8 Å². The summed E-state index contributed by atoms with van der Waals surface area (Å²) in [6.07, 6.45) is 5.08. The summed E-state index contributed by atoms with van der Waals surface area (Å²) in [4.78, 5) is 34.0. The molecule has 166 valence electrons. The summed E-state index contributed by atoms with van der Waals surface area (Å²) in [6.45, 7) is 2.57. The van der Waals surface area contributed by atoms with Crippen molar-refractivity contribution in [3.63, 3.8) is 0 Å². The molecule has 8 heteroatoms. The zero-order valence-corrected chi connectivity index (χ0v) is 19.5. The molecule has 2 amide bonds. The first-order valence-corrected chi connectivity index (χ1v) is 12.4. The number of nitrogens with zero attached hydrogens (tertiary/aromatic N) is 1. The lowest BCUT2D eigenvalue weighted by atomic mass is 10.0. The molecule has 4 rings (SSSR count). The van der Waals surface area contributed by atoms with Gasteiger partial charge in [0, 0.05) is 41.1 Å². The van der Waals surface area contributed by atoms with E-state index in [0.717, 1.165) is 46.4 Å². The van der Waals surface area contributed by atoms with Crippen LogP contribution in [0.3, 0.4) is 0 Å². The maximum Gasteiger partial charge on any atom is 0.262 e. The van der Waals surface area contributed by atoms with Gasteiger partial charge in [-0.1, -0.05) is 24.3 Å². The van der Waals surface area contributed by atoms with Gasteiger partial charge in [-0.15, -0.1) is 22.7 Å². The zero-order valence-electron chi connectivity index (χ0n) is 17.9. The van der Waals surface area contributed by atoms with Crippen molar-refractivity contribution in [3.05, 3.63) is 74.5 Å². The molecular formula is C24H26N4O2S2. The third-order valence-electron chi connectivity index (χ3n) is 5.25. The predicted octanol–water partition coefficient (Wildman–Crippen LogP) is 4.47. The summed E-state index contributed by atoms with van der Waals surface area (Å²) < 4.78 is 0. The van der Waals surface area contributed by atoms with Gasteiger partial charge in [0.05, 0.1) is 9.88 Å². The van der Waals surface area contributed by atoms with Crippen LogP contribution in [-0.2, 0) is 17.6 Å². The molecule has 0 aliphatic heterocycles. The topological polar surface area (TPSA) is 86.9 Å². The number of hydrogen-bond donors (Lipinski definition) is 3. The lowest BCUT2D eigenvalue weighted by Crippen LogP contribution is -2.48. The number of hydrogen-bond acceptors (Lipinski definition) is 5. The molecule has 0 aliphatic rings. The number of benzene rings is 1. The largest absolute Gasteiger partial charge is 0.361 e. The van der Waals surface area contributed by atoms with E-state index in [9.17, 15) is 9.59 Å². The van der Waals surface area contributed by atoms with E-state index in [1.165, 1.54) is 11.3 Å². The van der Waals surface area contributed by atoms with Gasteiger partial charge in [-0.05, 0) is 49.3 Å². The Morgan fingerprint density at radius 2 is 2.00 bits per heavy atom. The Hall–Kier alpha value is -2.97. The summed E-state index contributed by atoms with van der Waals surface area (Å²) in [7, 11) is 0. The van der Waals surface area contributed by atoms with Gasteiger partial charge in [-0.3, -0.25) is 9.59 Å². The van der Waals surface area contributed by atoms with Crippen LogP contribution in [0.2, 0.25) is 0 Å². The van der Waals surface area contributed by atoms with E-state index in [1.54, 1.807) is 17.4 Å². The van der Waals surface area contributed by atoms with E-state index in [2.05, 4.69) is 26.0 Å². The third-order valence-corrected chi connectivity index (χ3v) is 7.14. The Labute approximate surface area is 195 Å². The first-order chi connectivity index (χ1) is 15.6. The number of carbonyl (C=O) groups excluding carboxylic acids is 2. The Morgan fingerprint density at radius 1 is 1.12 bits per heavy atom. The number of aryl methyl sites for hydroxylation is 2. The molecule has 1 aromatic carbocycles. The van der Waals surface area contributed by atoms with Crippen LogP contribution in [0.15, 0.2) is 53.4 Å². The molecule has 0 aliphatic carbocycles. The second kappa shape index (κ2) is 10.6. The Bertz CT molecular complexity index is 1180. The number of thiophene rings is 1. The number of aromatic nitrogens is 2. The smallest absolute Gasteiger partial charge is 0.262 e. The minimum Gasteiger partial charge on any atom is -0.361 e. The van der Waals surface area contributed by atoms with Gasteiger partial charge in [0.2, 0.25) is 5.91 Å². The monoisotopic (exact) mass is 466 g/mol. The number of nitrogens with one attached hydrogen (secondary N) is 3. The number of para-hydroxylation sites is 1. The second-order valence-corrected chi connectivity index (χ2v) is 9.59. The van der Waals surface area contributed by atoms with E-state index < -0.39 is 6.04 Å². The quantitative estimate of drug-likeness (QED) is 0.301. The molecule has 0 spiro atoms.